The maximum absolute atomic E-state index is 12.5. The smallest absolute Gasteiger partial charge is 0.158 e. The molecule has 42 heavy (non-hydrogen) atoms. The highest BCUT2D eigenvalue weighted by atomic mass is 35.5. The van der Waals surface area contributed by atoms with Crippen LogP contribution in [0.3, 0.4) is 0 Å². The number of aromatic nitrogens is 6. The Morgan fingerprint density at radius 3 is 2.45 bits per heavy atom. The SMILES string of the molecule is Cc1ccc(C(O)(c2ccc3nc(N4CCC4)c(Cc4ccc(-n5cccn5)cc4)c(Cl)c3c2)c2cncn2C)cn1. The summed E-state index contributed by atoms with van der Waals surface area (Å²) >= 11 is 7.29. The molecule has 0 bridgehead atoms. The number of nitrogens with zero attached hydrogens (tertiary/aromatic N) is 7. The van der Waals surface area contributed by atoms with Gasteiger partial charge in [-0.25, -0.2) is 14.6 Å². The van der Waals surface area contributed by atoms with E-state index in [0.717, 1.165) is 58.7 Å². The van der Waals surface area contributed by atoms with Gasteiger partial charge in [0.2, 0.25) is 0 Å². The van der Waals surface area contributed by atoms with Crippen LogP contribution in [0.2, 0.25) is 5.02 Å². The number of aryl methyl sites for hydroxylation is 2. The van der Waals surface area contributed by atoms with Crippen LogP contribution < -0.4 is 4.90 Å². The first-order valence-electron chi connectivity index (χ1n) is 14.0. The minimum atomic E-state index is -1.50. The van der Waals surface area contributed by atoms with Gasteiger partial charge >= 0.3 is 0 Å². The van der Waals surface area contributed by atoms with Crippen molar-refractivity contribution in [3.05, 3.63) is 130 Å². The van der Waals surface area contributed by atoms with Gasteiger partial charge in [-0.3, -0.25) is 4.98 Å². The highest BCUT2D eigenvalue weighted by Gasteiger charge is 2.37. The Bertz CT molecular complexity index is 1880. The van der Waals surface area contributed by atoms with Crippen LogP contribution in [-0.4, -0.2) is 47.5 Å². The van der Waals surface area contributed by atoms with E-state index in [1.807, 2.05) is 65.8 Å². The van der Waals surface area contributed by atoms with E-state index >= 15 is 0 Å². The molecule has 0 aliphatic carbocycles. The summed E-state index contributed by atoms with van der Waals surface area (Å²) in [5, 5.41) is 18.2. The standard InChI is InChI=1S/C33H30ClN7O/c1-22-5-8-25(19-36-22)33(42,30-20-35-21-39(30)2)24-9-12-29-27(18-24)31(34)28(32(38-29)40-14-4-15-40)17-23-6-10-26(11-7-23)41-16-3-13-37-41/h3,5-13,16,18-21,42H,4,14-15,17H2,1-2H3. The van der Waals surface area contributed by atoms with Crippen molar-refractivity contribution in [2.24, 2.45) is 7.05 Å². The van der Waals surface area contributed by atoms with Gasteiger partial charge in [-0.15, -0.1) is 0 Å². The van der Waals surface area contributed by atoms with Gasteiger partial charge in [-0.05, 0) is 60.9 Å². The highest BCUT2D eigenvalue weighted by molar-refractivity contribution is 6.36. The molecule has 1 aliphatic heterocycles. The Labute approximate surface area is 248 Å². The fourth-order valence-electron chi connectivity index (χ4n) is 5.67. The first kappa shape index (κ1) is 26.4. The Kier molecular flexibility index (Phi) is 6.52. The summed E-state index contributed by atoms with van der Waals surface area (Å²) in [4.78, 5) is 16.2. The van der Waals surface area contributed by atoms with Gasteiger partial charge in [-0.2, -0.15) is 5.10 Å². The molecule has 210 valence electrons. The van der Waals surface area contributed by atoms with Gasteiger partial charge in [-0.1, -0.05) is 35.9 Å². The number of hydrogen-bond donors (Lipinski definition) is 1. The van der Waals surface area contributed by atoms with E-state index in [9.17, 15) is 5.11 Å². The minimum Gasteiger partial charge on any atom is -0.374 e. The zero-order valence-electron chi connectivity index (χ0n) is 23.4. The summed E-state index contributed by atoms with van der Waals surface area (Å²) < 4.78 is 3.67. The van der Waals surface area contributed by atoms with Crippen LogP contribution in [-0.2, 0) is 19.1 Å². The highest BCUT2D eigenvalue weighted by Crippen LogP contribution is 2.41. The topological polar surface area (TPSA) is 84.9 Å². The summed E-state index contributed by atoms with van der Waals surface area (Å²) in [6.07, 6.45) is 10.6. The lowest BCUT2D eigenvalue weighted by Crippen LogP contribution is -2.38. The number of halogens is 1. The van der Waals surface area contributed by atoms with E-state index in [-0.39, 0.29) is 0 Å². The predicted molar refractivity (Wildman–Crippen MR) is 164 cm³/mol. The molecule has 1 saturated heterocycles. The summed E-state index contributed by atoms with van der Waals surface area (Å²) in [6.45, 7) is 3.84. The summed E-state index contributed by atoms with van der Waals surface area (Å²) in [5.74, 6) is 0.923. The quantitative estimate of drug-likeness (QED) is 0.267. The summed E-state index contributed by atoms with van der Waals surface area (Å²) in [6, 6.07) is 19.9. The van der Waals surface area contributed by atoms with Crippen LogP contribution in [0.5, 0.6) is 0 Å². The molecule has 7 rings (SSSR count). The Morgan fingerprint density at radius 1 is 1.00 bits per heavy atom. The number of hydrogen-bond acceptors (Lipinski definition) is 6. The van der Waals surface area contributed by atoms with Crippen molar-refractivity contribution in [3.8, 4) is 5.69 Å². The van der Waals surface area contributed by atoms with E-state index < -0.39 is 5.60 Å². The average Bonchev–Trinajstić information content (AvgIpc) is 3.67. The molecule has 0 saturated carbocycles. The van der Waals surface area contributed by atoms with E-state index in [2.05, 4.69) is 44.2 Å². The molecule has 0 spiro atoms. The van der Waals surface area contributed by atoms with E-state index in [0.29, 0.717) is 28.3 Å². The molecule has 0 amide bonds. The third-order valence-electron chi connectivity index (χ3n) is 8.17. The van der Waals surface area contributed by atoms with Gasteiger partial charge in [0.1, 0.15) is 5.82 Å². The van der Waals surface area contributed by atoms with Gasteiger partial charge < -0.3 is 14.6 Å². The third-order valence-corrected chi connectivity index (χ3v) is 8.60. The second kappa shape index (κ2) is 10.4. The zero-order chi connectivity index (χ0) is 28.8. The fraction of sp³-hybridized carbons (Fsp3) is 0.212. The lowest BCUT2D eigenvalue weighted by molar-refractivity contribution is 0.117. The fourth-order valence-corrected chi connectivity index (χ4v) is 5.97. The van der Waals surface area contributed by atoms with Crippen molar-refractivity contribution < 1.29 is 5.11 Å². The van der Waals surface area contributed by atoms with Crippen LogP contribution >= 0.6 is 11.6 Å². The van der Waals surface area contributed by atoms with Gasteiger partial charge in [0, 0.05) is 67.4 Å². The van der Waals surface area contributed by atoms with Crippen molar-refractivity contribution in [2.75, 3.05) is 18.0 Å². The van der Waals surface area contributed by atoms with Crippen LogP contribution in [0.1, 0.15) is 40.1 Å². The van der Waals surface area contributed by atoms with Crippen molar-refractivity contribution in [1.82, 2.24) is 29.3 Å². The van der Waals surface area contributed by atoms with Crippen LogP contribution in [0.15, 0.2) is 91.8 Å². The minimum absolute atomic E-state index is 0.630. The molecule has 5 heterocycles. The molecule has 6 aromatic rings. The number of fused-ring (bicyclic) bond motifs is 1. The lowest BCUT2D eigenvalue weighted by Gasteiger charge is -2.34. The lowest BCUT2D eigenvalue weighted by atomic mass is 9.83. The zero-order valence-corrected chi connectivity index (χ0v) is 24.2. The van der Waals surface area contributed by atoms with Gasteiger partial charge in [0.05, 0.1) is 34.4 Å². The second-order valence-electron chi connectivity index (χ2n) is 10.9. The molecule has 1 unspecified atom stereocenters. The van der Waals surface area contributed by atoms with Crippen molar-refractivity contribution in [1.29, 1.82) is 0 Å². The molecule has 1 atom stereocenters. The van der Waals surface area contributed by atoms with E-state index in [1.165, 1.54) is 0 Å². The maximum atomic E-state index is 12.5. The molecule has 1 fully saturated rings. The van der Waals surface area contributed by atoms with Crippen molar-refractivity contribution >= 4 is 28.3 Å². The first-order valence-corrected chi connectivity index (χ1v) is 14.4. The molecule has 8 nitrogen and oxygen atoms in total. The van der Waals surface area contributed by atoms with Crippen molar-refractivity contribution in [2.45, 2.75) is 25.4 Å². The Balaban J connectivity index is 1.36. The molecular formula is C33H30ClN7O. The number of pyridine rings is 2. The second-order valence-corrected chi connectivity index (χ2v) is 11.3. The number of aliphatic hydroxyl groups is 1. The number of rotatable bonds is 7. The molecule has 0 radical (unpaired) electrons. The number of anilines is 1. The summed E-state index contributed by atoms with van der Waals surface area (Å²) in [5.41, 5.74) is 5.22. The molecular weight excluding hydrogens is 546 g/mol. The van der Waals surface area contributed by atoms with E-state index in [4.69, 9.17) is 16.6 Å². The molecule has 1 N–H and O–H groups in total. The molecule has 2 aromatic carbocycles. The van der Waals surface area contributed by atoms with Crippen LogP contribution in [0.4, 0.5) is 5.82 Å². The molecule has 4 aromatic heterocycles. The Morgan fingerprint density at radius 2 is 1.81 bits per heavy atom. The number of imidazole rings is 1. The van der Waals surface area contributed by atoms with Gasteiger partial charge in [0.25, 0.3) is 0 Å². The Hall–Kier alpha value is -4.53. The molecule has 9 heteroatoms. The third kappa shape index (κ3) is 4.44. The largest absolute Gasteiger partial charge is 0.374 e. The number of benzene rings is 2. The monoisotopic (exact) mass is 575 g/mol. The maximum Gasteiger partial charge on any atom is 0.158 e. The summed E-state index contributed by atoms with van der Waals surface area (Å²) in [7, 11) is 1.87. The van der Waals surface area contributed by atoms with Crippen molar-refractivity contribution in [3.63, 3.8) is 0 Å². The average molecular weight is 576 g/mol. The first-order chi connectivity index (χ1) is 20.4. The van der Waals surface area contributed by atoms with Crippen LogP contribution in [0, 0.1) is 6.92 Å². The van der Waals surface area contributed by atoms with E-state index in [1.54, 1.807) is 24.9 Å². The predicted octanol–water partition coefficient (Wildman–Crippen LogP) is 5.60. The molecule has 1 aliphatic rings. The van der Waals surface area contributed by atoms with Crippen LogP contribution in [0.25, 0.3) is 16.6 Å². The van der Waals surface area contributed by atoms with Gasteiger partial charge in [0.15, 0.2) is 5.60 Å². The normalized spacial score (nSPS) is 14.6.